The molecular weight excluding hydrogens is 264 g/mol. The maximum absolute atomic E-state index is 2.52. The highest BCUT2D eigenvalue weighted by Crippen LogP contribution is 2.40. The van der Waals surface area contributed by atoms with Gasteiger partial charge in [-0.05, 0) is 53.3 Å². The lowest BCUT2D eigenvalue weighted by Gasteiger charge is -2.40. The Morgan fingerprint density at radius 1 is 0.455 bits per heavy atom. The molecule has 8 unspecified atom stereocenters. The van der Waals surface area contributed by atoms with Crippen LogP contribution in [-0.2, 0) is 0 Å². The van der Waals surface area contributed by atoms with Crippen LogP contribution in [0, 0.1) is 53.3 Å². The molecule has 0 saturated carbocycles. The van der Waals surface area contributed by atoms with Gasteiger partial charge in [-0.2, -0.15) is 0 Å². The van der Waals surface area contributed by atoms with E-state index < -0.39 is 0 Å². The molecule has 0 N–H and O–H groups in total. The Bertz CT molecular complexity index is 280. The fourth-order valence-electron chi connectivity index (χ4n) is 4.43. The van der Waals surface area contributed by atoms with Crippen molar-refractivity contribution in [1.82, 2.24) is 0 Å². The van der Waals surface area contributed by atoms with Crippen LogP contribution in [0.15, 0.2) is 0 Å². The molecule has 8 atom stereocenters. The van der Waals surface area contributed by atoms with E-state index >= 15 is 0 Å². The lowest BCUT2D eigenvalue weighted by atomic mass is 9.65. The highest BCUT2D eigenvalue weighted by Gasteiger charge is 2.33. The molecule has 0 aliphatic heterocycles. The summed E-state index contributed by atoms with van der Waals surface area (Å²) in [6.45, 7) is 26.9. The van der Waals surface area contributed by atoms with Crippen molar-refractivity contribution in [2.45, 2.75) is 89.0 Å². The Hall–Kier alpha value is 0. The molecule has 22 heavy (non-hydrogen) atoms. The van der Waals surface area contributed by atoms with Gasteiger partial charge < -0.3 is 0 Å². The molecule has 0 nitrogen and oxygen atoms in total. The first kappa shape index (κ1) is 22.0. The van der Waals surface area contributed by atoms with Crippen molar-refractivity contribution in [3.8, 4) is 0 Å². The van der Waals surface area contributed by atoms with Crippen molar-refractivity contribution in [2.24, 2.45) is 53.3 Å². The first-order valence-corrected chi connectivity index (χ1v) is 10.1. The summed E-state index contributed by atoms with van der Waals surface area (Å²) < 4.78 is 0. The number of hydrogen-bond acceptors (Lipinski definition) is 0. The summed E-state index contributed by atoms with van der Waals surface area (Å²) in [4.78, 5) is 0. The summed E-state index contributed by atoms with van der Waals surface area (Å²) in [7, 11) is 0. The molecular formula is C22H46. The van der Waals surface area contributed by atoms with Gasteiger partial charge in [-0.25, -0.2) is 0 Å². The summed E-state index contributed by atoms with van der Waals surface area (Å²) in [5.74, 6) is 7.43. The average molecular weight is 311 g/mol. The van der Waals surface area contributed by atoms with Gasteiger partial charge >= 0.3 is 0 Å². The summed E-state index contributed by atoms with van der Waals surface area (Å²) in [5.41, 5.74) is 0. The molecule has 0 amide bonds. The van der Waals surface area contributed by atoms with E-state index in [1.165, 1.54) is 12.8 Å². The summed E-state index contributed by atoms with van der Waals surface area (Å²) in [5, 5.41) is 0. The predicted octanol–water partition coefficient (Wildman–Crippen LogP) is 7.53. The van der Waals surface area contributed by atoms with E-state index in [9.17, 15) is 0 Å². The second-order valence-corrected chi connectivity index (χ2v) is 8.86. The zero-order chi connectivity index (χ0) is 17.6. The van der Waals surface area contributed by atoms with Crippen LogP contribution in [0.1, 0.15) is 89.0 Å². The van der Waals surface area contributed by atoms with Crippen LogP contribution < -0.4 is 0 Å². The van der Waals surface area contributed by atoms with Gasteiger partial charge in [-0.1, -0.05) is 89.0 Å². The molecule has 0 radical (unpaired) electrons. The van der Waals surface area contributed by atoms with Gasteiger partial charge in [0.1, 0.15) is 0 Å². The Kier molecular flexibility index (Phi) is 9.99. The van der Waals surface area contributed by atoms with E-state index in [1.807, 2.05) is 0 Å². The van der Waals surface area contributed by atoms with E-state index in [4.69, 9.17) is 0 Å². The Morgan fingerprint density at radius 2 is 0.864 bits per heavy atom. The van der Waals surface area contributed by atoms with Gasteiger partial charge in [-0.3, -0.25) is 0 Å². The monoisotopic (exact) mass is 310 g/mol. The quantitative estimate of drug-likeness (QED) is 0.391. The first-order valence-electron chi connectivity index (χ1n) is 10.1. The predicted molar refractivity (Wildman–Crippen MR) is 103 cm³/mol. The van der Waals surface area contributed by atoms with Crippen molar-refractivity contribution in [1.29, 1.82) is 0 Å². The third-order valence-corrected chi connectivity index (χ3v) is 7.73. The molecule has 134 valence electrons. The van der Waals surface area contributed by atoms with Crippen molar-refractivity contribution in [3.63, 3.8) is 0 Å². The Labute approximate surface area is 142 Å². The summed E-state index contributed by atoms with van der Waals surface area (Å²) >= 11 is 0. The van der Waals surface area contributed by atoms with Gasteiger partial charge in [0.15, 0.2) is 0 Å². The van der Waals surface area contributed by atoms with E-state index in [0.717, 1.165) is 53.3 Å². The molecule has 0 heterocycles. The Morgan fingerprint density at radius 3 is 1.23 bits per heavy atom. The van der Waals surface area contributed by atoms with Crippen LogP contribution in [0.2, 0.25) is 0 Å². The van der Waals surface area contributed by atoms with E-state index in [1.54, 1.807) is 0 Å². The summed E-state index contributed by atoms with van der Waals surface area (Å²) in [6, 6.07) is 0. The third kappa shape index (κ3) is 5.57. The maximum atomic E-state index is 2.52. The molecule has 0 heteroatoms. The van der Waals surface area contributed by atoms with Crippen molar-refractivity contribution >= 4 is 0 Å². The topological polar surface area (TPSA) is 0 Å². The second-order valence-electron chi connectivity index (χ2n) is 8.86. The standard InChI is InChI=1S/C22H46/c1-12-15(5)17(7)18(8)19(9)20(10)21(11)22(13-2)16(6)14(3)4/h14-22H,12-13H2,1-11H3. The van der Waals surface area contributed by atoms with Gasteiger partial charge in [-0.15, -0.1) is 0 Å². The van der Waals surface area contributed by atoms with E-state index in [2.05, 4.69) is 76.2 Å². The molecule has 0 saturated heterocycles. The molecule has 0 aliphatic carbocycles. The van der Waals surface area contributed by atoms with Crippen LogP contribution >= 0.6 is 0 Å². The molecule has 0 bridgehead atoms. The fourth-order valence-corrected chi connectivity index (χ4v) is 4.43. The SMILES string of the molecule is CCC(C)C(C)C(C)C(C)C(C)C(C)C(CC)C(C)C(C)C. The van der Waals surface area contributed by atoms with E-state index in [0.29, 0.717) is 0 Å². The van der Waals surface area contributed by atoms with Gasteiger partial charge in [0.2, 0.25) is 0 Å². The minimum Gasteiger partial charge on any atom is -0.0651 e. The largest absolute Gasteiger partial charge is 0.0651 e. The maximum Gasteiger partial charge on any atom is -0.0360 e. The third-order valence-electron chi connectivity index (χ3n) is 7.73. The molecule has 0 aromatic carbocycles. The smallest absolute Gasteiger partial charge is 0.0360 e. The lowest BCUT2D eigenvalue weighted by Crippen LogP contribution is -2.34. The number of hydrogen-bond donors (Lipinski definition) is 0. The highest BCUT2D eigenvalue weighted by molar-refractivity contribution is 4.82. The van der Waals surface area contributed by atoms with Crippen LogP contribution in [0.5, 0.6) is 0 Å². The zero-order valence-electron chi connectivity index (χ0n) is 17.6. The minimum atomic E-state index is 0.798. The van der Waals surface area contributed by atoms with Crippen LogP contribution in [0.3, 0.4) is 0 Å². The molecule has 0 aromatic heterocycles. The first-order chi connectivity index (χ1) is 10.1. The van der Waals surface area contributed by atoms with Gasteiger partial charge in [0.05, 0.1) is 0 Å². The molecule has 0 rings (SSSR count). The van der Waals surface area contributed by atoms with Crippen molar-refractivity contribution in [2.75, 3.05) is 0 Å². The molecule has 0 spiro atoms. The van der Waals surface area contributed by atoms with E-state index in [-0.39, 0.29) is 0 Å². The zero-order valence-corrected chi connectivity index (χ0v) is 17.6. The van der Waals surface area contributed by atoms with Gasteiger partial charge in [0, 0.05) is 0 Å². The van der Waals surface area contributed by atoms with Crippen LogP contribution in [0.4, 0.5) is 0 Å². The fraction of sp³-hybridized carbons (Fsp3) is 1.00. The van der Waals surface area contributed by atoms with Crippen molar-refractivity contribution in [3.05, 3.63) is 0 Å². The minimum absolute atomic E-state index is 0.798. The van der Waals surface area contributed by atoms with Crippen molar-refractivity contribution < 1.29 is 0 Å². The van der Waals surface area contributed by atoms with Crippen LogP contribution in [0.25, 0.3) is 0 Å². The second kappa shape index (κ2) is 9.99. The highest BCUT2D eigenvalue weighted by atomic mass is 14.4. The lowest BCUT2D eigenvalue weighted by molar-refractivity contribution is 0.0829. The number of rotatable bonds is 10. The summed E-state index contributed by atoms with van der Waals surface area (Å²) in [6.07, 6.45) is 2.64. The van der Waals surface area contributed by atoms with Gasteiger partial charge in [0.25, 0.3) is 0 Å². The average Bonchev–Trinajstić information content (AvgIpc) is 2.51. The molecule has 0 fully saturated rings. The van der Waals surface area contributed by atoms with Crippen LogP contribution in [-0.4, -0.2) is 0 Å². The Balaban J connectivity index is 4.94. The normalized spacial score (nSPS) is 23.5. The molecule has 0 aliphatic rings. The molecule has 0 aromatic rings.